The van der Waals surface area contributed by atoms with Gasteiger partial charge in [0, 0.05) is 14.8 Å². The Morgan fingerprint density at radius 1 is 0.906 bits per heavy atom. The van der Waals surface area contributed by atoms with Crippen molar-refractivity contribution in [3.05, 3.63) is 29.8 Å². The van der Waals surface area contributed by atoms with Gasteiger partial charge in [-0.2, -0.15) is 0 Å². The van der Waals surface area contributed by atoms with Crippen LogP contribution in [0.25, 0.3) is 0 Å². The molecule has 32 heavy (non-hydrogen) atoms. The fraction of sp³-hybridized carbons (Fsp3) is 0.793. The van der Waals surface area contributed by atoms with E-state index in [4.69, 9.17) is 4.74 Å². The lowest BCUT2D eigenvalue weighted by Gasteiger charge is -2.30. The van der Waals surface area contributed by atoms with Crippen LogP contribution in [0, 0.1) is 5.92 Å². The number of benzene rings is 1. The van der Waals surface area contributed by atoms with E-state index >= 15 is 0 Å². The summed E-state index contributed by atoms with van der Waals surface area (Å²) >= 11 is 0. The van der Waals surface area contributed by atoms with E-state index in [2.05, 4.69) is 56.5 Å². The Labute approximate surface area is 201 Å². The molecular formula is C29H53NOSi. The molecule has 2 rings (SSSR count). The van der Waals surface area contributed by atoms with Gasteiger partial charge >= 0.3 is 0 Å². The minimum atomic E-state index is -0.462. The summed E-state index contributed by atoms with van der Waals surface area (Å²) in [5, 5.41) is 3.82. The Bertz CT molecular complexity index is 565. The quantitative estimate of drug-likeness (QED) is 0.186. The topological polar surface area (TPSA) is 21.3 Å². The second-order valence-corrected chi connectivity index (χ2v) is 14.1. The zero-order valence-electron chi connectivity index (χ0n) is 21.8. The molecule has 1 aliphatic rings. The third-order valence-electron chi connectivity index (χ3n) is 7.72. The third kappa shape index (κ3) is 10.9. The van der Waals surface area contributed by atoms with Crippen molar-refractivity contribution in [2.75, 3.05) is 13.2 Å². The maximum atomic E-state index is 6.01. The maximum Gasteiger partial charge on any atom is 0.119 e. The molecule has 1 fully saturated rings. The van der Waals surface area contributed by atoms with Gasteiger partial charge in [0.25, 0.3) is 0 Å². The van der Waals surface area contributed by atoms with Crippen LogP contribution in [0.1, 0.15) is 115 Å². The molecule has 1 heterocycles. The van der Waals surface area contributed by atoms with Crippen molar-refractivity contribution in [1.82, 2.24) is 5.32 Å². The van der Waals surface area contributed by atoms with E-state index in [-0.39, 0.29) is 0 Å². The first-order chi connectivity index (χ1) is 15.6. The minimum Gasteiger partial charge on any atom is -0.494 e. The number of nitrogens with one attached hydrogen (secondary N) is 1. The van der Waals surface area contributed by atoms with Crippen LogP contribution in [-0.2, 0) is 0 Å². The molecule has 0 aromatic heterocycles. The van der Waals surface area contributed by atoms with Crippen LogP contribution < -0.4 is 10.1 Å². The van der Waals surface area contributed by atoms with Crippen LogP contribution in [0.3, 0.4) is 0 Å². The highest BCUT2D eigenvalue weighted by atomic mass is 28.3. The van der Waals surface area contributed by atoms with Crippen LogP contribution in [0.2, 0.25) is 18.6 Å². The number of hydrogen-bond donors (Lipinski definition) is 1. The van der Waals surface area contributed by atoms with E-state index in [1.165, 1.54) is 102 Å². The standard InChI is InChI=1S/C29H53NOSi/c1-5-7-8-9-10-12-15-25-17-22-29(30-24-25)26-18-20-27(21-19-26)31-23-14-11-13-16-28(6-2)32(3)4/h18-21,25,28-30,32H,5-17,22-24H2,1-4H3. The molecule has 0 amide bonds. The smallest absolute Gasteiger partial charge is 0.119 e. The van der Waals surface area contributed by atoms with E-state index in [1.54, 1.807) is 0 Å². The molecule has 3 unspecified atom stereocenters. The molecule has 1 aromatic rings. The normalized spacial score (nSPS) is 19.9. The highest BCUT2D eigenvalue weighted by molar-refractivity contribution is 6.57. The first kappa shape index (κ1) is 27.4. The Morgan fingerprint density at radius 2 is 1.62 bits per heavy atom. The predicted octanol–water partition coefficient (Wildman–Crippen LogP) is 8.68. The van der Waals surface area contributed by atoms with Crippen molar-refractivity contribution in [2.24, 2.45) is 5.92 Å². The van der Waals surface area contributed by atoms with Crippen molar-refractivity contribution >= 4 is 8.80 Å². The maximum absolute atomic E-state index is 6.01. The van der Waals surface area contributed by atoms with Gasteiger partial charge in [-0.25, -0.2) is 0 Å². The highest BCUT2D eigenvalue weighted by Crippen LogP contribution is 2.29. The minimum absolute atomic E-state index is 0.462. The van der Waals surface area contributed by atoms with Gasteiger partial charge in [-0.1, -0.05) is 103 Å². The van der Waals surface area contributed by atoms with Crippen LogP contribution in [0.15, 0.2) is 24.3 Å². The van der Waals surface area contributed by atoms with Crippen molar-refractivity contribution in [3.63, 3.8) is 0 Å². The van der Waals surface area contributed by atoms with Gasteiger partial charge in [0.2, 0.25) is 0 Å². The number of ether oxygens (including phenoxy) is 1. The molecule has 0 spiro atoms. The van der Waals surface area contributed by atoms with Crippen molar-refractivity contribution in [1.29, 1.82) is 0 Å². The van der Waals surface area contributed by atoms with Gasteiger partial charge in [-0.05, 0) is 61.4 Å². The molecule has 3 heteroatoms. The molecule has 0 radical (unpaired) electrons. The first-order valence-corrected chi connectivity index (χ1v) is 17.1. The highest BCUT2D eigenvalue weighted by Gasteiger charge is 2.21. The second-order valence-electron chi connectivity index (χ2n) is 10.6. The molecule has 184 valence electrons. The summed E-state index contributed by atoms with van der Waals surface area (Å²) < 4.78 is 6.01. The van der Waals surface area contributed by atoms with E-state index in [0.717, 1.165) is 23.8 Å². The number of rotatable bonds is 17. The van der Waals surface area contributed by atoms with E-state index < -0.39 is 8.80 Å². The fourth-order valence-corrected chi connectivity index (χ4v) is 7.19. The monoisotopic (exact) mass is 459 g/mol. The molecular weight excluding hydrogens is 406 g/mol. The fourth-order valence-electron chi connectivity index (χ4n) is 5.34. The molecule has 3 atom stereocenters. The van der Waals surface area contributed by atoms with Gasteiger partial charge in [-0.15, -0.1) is 0 Å². The lowest BCUT2D eigenvalue weighted by Crippen LogP contribution is -2.33. The summed E-state index contributed by atoms with van der Waals surface area (Å²) in [4.78, 5) is 0. The summed E-state index contributed by atoms with van der Waals surface area (Å²) in [5.41, 5.74) is 2.46. The molecule has 0 saturated carbocycles. The number of piperidine rings is 1. The number of unbranched alkanes of at least 4 members (excludes halogenated alkanes) is 7. The lowest BCUT2D eigenvalue weighted by atomic mass is 9.88. The summed E-state index contributed by atoms with van der Waals surface area (Å²) in [7, 11) is -0.462. The van der Waals surface area contributed by atoms with Gasteiger partial charge in [0.15, 0.2) is 0 Å². The first-order valence-electron chi connectivity index (χ1n) is 14.1. The molecule has 0 bridgehead atoms. The summed E-state index contributed by atoms with van der Waals surface area (Å²) in [6.07, 6.45) is 19.2. The largest absolute Gasteiger partial charge is 0.494 e. The van der Waals surface area contributed by atoms with E-state index in [1.807, 2.05) is 0 Å². The molecule has 1 saturated heterocycles. The van der Waals surface area contributed by atoms with Crippen molar-refractivity contribution in [3.8, 4) is 5.75 Å². The van der Waals surface area contributed by atoms with E-state index in [0.29, 0.717) is 6.04 Å². The third-order valence-corrected chi connectivity index (χ3v) is 10.4. The van der Waals surface area contributed by atoms with Crippen LogP contribution >= 0.6 is 0 Å². The van der Waals surface area contributed by atoms with Crippen LogP contribution in [0.4, 0.5) is 0 Å². The average molecular weight is 460 g/mol. The lowest BCUT2D eigenvalue weighted by molar-refractivity contribution is 0.292. The zero-order valence-corrected chi connectivity index (χ0v) is 23.0. The number of hydrogen-bond acceptors (Lipinski definition) is 2. The predicted molar refractivity (Wildman–Crippen MR) is 145 cm³/mol. The van der Waals surface area contributed by atoms with Gasteiger partial charge in [0.05, 0.1) is 6.61 Å². The van der Waals surface area contributed by atoms with Gasteiger partial charge < -0.3 is 10.1 Å². The molecule has 1 aliphatic heterocycles. The van der Waals surface area contributed by atoms with Gasteiger partial charge in [-0.3, -0.25) is 0 Å². The Balaban J connectivity index is 1.56. The van der Waals surface area contributed by atoms with Crippen molar-refractivity contribution in [2.45, 2.75) is 128 Å². The Morgan fingerprint density at radius 3 is 2.28 bits per heavy atom. The van der Waals surface area contributed by atoms with Crippen molar-refractivity contribution < 1.29 is 4.74 Å². The Kier molecular flexibility index (Phi) is 14.4. The summed E-state index contributed by atoms with van der Waals surface area (Å²) in [5.74, 6) is 1.92. The zero-order chi connectivity index (χ0) is 23.0. The average Bonchev–Trinajstić information content (AvgIpc) is 2.81. The Hall–Kier alpha value is -0.803. The SMILES string of the molecule is CCCCCCCCC1CCC(c2ccc(OCCCCCC(CC)[SiH](C)C)cc2)NC1. The summed E-state index contributed by atoms with van der Waals surface area (Å²) in [6, 6.07) is 9.44. The molecule has 2 nitrogen and oxygen atoms in total. The molecule has 0 aliphatic carbocycles. The van der Waals surface area contributed by atoms with E-state index in [9.17, 15) is 0 Å². The van der Waals surface area contributed by atoms with Gasteiger partial charge in [0.1, 0.15) is 5.75 Å². The summed E-state index contributed by atoms with van der Waals surface area (Å²) in [6.45, 7) is 11.7. The molecule has 1 N–H and O–H groups in total. The van der Waals surface area contributed by atoms with Crippen LogP contribution in [0.5, 0.6) is 5.75 Å². The molecule has 1 aromatic carbocycles. The second kappa shape index (κ2) is 16.8. The van der Waals surface area contributed by atoms with Crippen LogP contribution in [-0.4, -0.2) is 21.9 Å².